The summed E-state index contributed by atoms with van der Waals surface area (Å²) in [7, 11) is 0. The molecule has 1 rings (SSSR count). The highest BCUT2D eigenvalue weighted by atomic mass is 32.2. The minimum absolute atomic E-state index is 1.24. The molecule has 1 nitrogen and oxygen atoms in total. The van der Waals surface area contributed by atoms with Crippen molar-refractivity contribution in [1.29, 1.82) is 0 Å². The first-order valence-corrected chi connectivity index (χ1v) is 11.1. The van der Waals surface area contributed by atoms with Crippen LogP contribution in [0.5, 0.6) is 0 Å². The van der Waals surface area contributed by atoms with Gasteiger partial charge < -0.3 is 0 Å². The Morgan fingerprint density at radius 2 is 1.08 bits per heavy atom. The van der Waals surface area contributed by atoms with Gasteiger partial charge in [-0.15, -0.1) is 0 Å². The number of unbranched alkanes of at least 4 members (excludes halogenated alkanes) is 10. The minimum atomic E-state index is 1.24. The highest BCUT2D eigenvalue weighted by Gasteiger charge is 2.07. The van der Waals surface area contributed by atoms with Gasteiger partial charge in [-0.1, -0.05) is 96.3 Å². The van der Waals surface area contributed by atoms with Crippen LogP contribution in [0, 0.1) is 0 Å². The molecule has 0 bridgehead atoms. The normalized spacial score (nSPS) is 11.3. The third-order valence-corrected chi connectivity index (χ3v) is 5.61. The SMILES string of the molecule is CCCCCCCCN(CCCCCCCC)Sc1ccccc1. The fraction of sp³-hybridized carbons (Fsp3) is 0.727. The van der Waals surface area contributed by atoms with Crippen molar-refractivity contribution in [2.24, 2.45) is 0 Å². The van der Waals surface area contributed by atoms with E-state index in [-0.39, 0.29) is 0 Å². The van der Waals surface area contributed by atoms with Crippen molar-refractivity contribution >= 4 is 11.9 Å². The summed E-state index contributed by atoms with van der Waals surface area (Å²) in [6, 6.07) is 10.9. The van der Waals surface area contributed by atoms with Crippen LogP contribution in [0.2, 0.25) is 0 Å². The van der Waals surface area contributed by atoms with Gasteiger partial charge in [0.1, 0.15) is 0 Å². The molecule has 0 radical (unpaired) electrons. The van der Waals surface area contributed by atoms with Crippen molar-refractivity contribution in [3.05, 3.63) is 30.3 Å². The minimum Gasteiger partial charge on any atom is -0.246 e. The molecular weight excluding hydrogens is 310 g/mol. The molecule has 0 unspecified atom stereocenters. The lowest BCUT2D eigenvalue weighted by Gasteiger charge is -2.21. The van der Waals surface area contributed by atoms with Crippen LogP contribution >= 0.6 is 11.9 Å². The molecule has 24 heavy (non-hydrogen) atoms. The van der Waals surface area contributed by atoms with Crippen molar-refractivity contribution in [1.82, 2.24) is 4.31 Å². The van der Waals surface area contributed by atoms with Gasteiger partial charge in [0.05, 0.1) is 0 Å². The lowest BCUT2D eigenvalue weighted by Crippen LogP contribution is -2.18. The second kappa shape index (κ2) is 16.0. The molecule has 0 amide bonds. The Kier molecular flexibility index (Phi) is 14.4. The molecule has 0 heterocycles. The van der Waals surface area contributed by atoms with Crippen molar-refractivity contribution in [2.75, 3.05) is 13.1 Å². The van der Waals surface area contributed by atoms with Crippen LogP contribution in [0.4, 0.5) is 0 Å². The lowest BCUT2D eigenvalue weighted by atomic mass is 10.1. The van der Waals surface area contributed by atoms with E-state index in [0.29, 0.717) is 0 Å². The van der Waals surface area contributed by atoms with Crippen LogP contribution in [-0.4, -0.2) is 17.4 Å². The van der Waals surface area contributed by atoms with E-state index in [9.17, 15) is 0 Å². The molecule has 1 aromatic carbocycles. The fourth-order valence-electron chi connectivity index (χ4n) is 2.97. The summed E-state index contributed by atoms with van der Waals surface area (Å²) in [5, 5.41) is 0. The molecule has 0 saturated heterocycles. The standard InChI is InChI=1S/C22H39NS/c1-3-5-7-9-11-16-20-23(21-17-12-10-8-6-4-2)24-22-18-14-13-15-19-22/h13-15,18-19H,3-12,16-17,20-21H2,1-2H3. The van der Waals surface area contributed by atoms with Crippen molar-refractivity contribution in [3.8, 4) is 0 Å². The summed E-state index contributed by atoms with van der Waals surface area (Å²) in [6.07, 6.45) is 16.6. The molecule has 138 valence electrons. The van der Waals surface area contributed by atoms with Gasteiger partial charge in [-0.3, -0.25) is 0 Å². The van der Waals surface area contributed by atoms with Gasteiger partial charge in [-0.05, 0) is 36.9 Å². The molecule has 0 saturated carbocycles. The Balaban J connectivity index is 2.24. The molecule has 0 atom stereocenters. The molecule has 0 fully saturated rings. The monoisotopic (exact) mass is 349 g/mol. The van der Waals surface area contributed by atoms with E-state index in [4.69, 9.17) is 0 Å². The average molecular weight is 350 g/mol. The molecule has 0 spiro atoms. The maximum absolute atomic E-state index is 2.61. The first-order chi connectivity index (χ1) is 11.9. The predicted octanol–water partition coefficient (Wildman–Crippen LogP) is 7.72. The van der Waals surface area contributed by atoms with Crippen molar-refractivity contribution in [3.63, 3.8) is 0 Å². The van der Waals surface area contributed by atoms with Gasteiger partial charge in [0.25, 0.3) is 0 Å². The molecule has 0 aliphatic carbocycles. The van der Waals surface area contributed by atoms with Crippen LogP contribution < -0.4 is 0 Å². The van der Waals surface area contributed by atoms with Crippen LogP contribution in [0.25, 0.3) is 0 Å². The Hall–Kier alpha value is -0.470. The summed E-state index contributed by atoms with van der Waals surface area (Å²) in [5.74, 6) is 0. The molecular formula is C22H39NS. The molecule has 2 heteroatoms. The quantitative estimate of drug-likeness (QED) is 0.222. The third kappa shape index (κ3) is 12.0. The Labute approximate surface area is 155 Å². The van der Waals surface area contributed by atoms with Crippen LogP contribution in [-0.2, 0) is 0 Å². The topological polar surface area (TPSA) is 3.24 Å². The van der Waals surface area contributed by atoms with Crippen LogP contribution in [0.1, 0.15) is 90.9 Å². The maximum Gasteiger partial charge on any atom is 0.0230 e. The third-order valence-electron chi connectivity index (χ3n) is 4.50. The zero-order chi connectivity index (χ0) is 17.3. The second-order valence-corrected chi connectivity index (χ2v) is 8.04. The van der Waals surface area contributed by atoms with Gasteiger partial charge in [0.15, 0.2) is 0 Å². The van der Waals surface area contributed by atoms with Gasteiger partial charge in [-0.2, -0.15) is 0 Å². The van der Waals surface area contributed by atoms with E-state index in [0.717, 1.165) is 0 Å². The number of hydrogen-bond donors (Lipinski definition) is 0. The average Bonchev–Trinajstić information content (AvgIpc) is 2.61. The summed E-state index contributed by atoms with van der Waals surface area (Å²) in [6.45, 7) is 7.05. The van der Waals surface area contributed by atoms with E-state index in [1.165, 1.54) is 95.0 Å². The van der Waals surface area contributed by atoms with Gasteiger partial charge in [0, 0.05) is 18.0 Å². The van der Waals surface area contributed by atoms with E-state index in [1.54, 1.807) is 0 Å². The summed E-state index contributed by atoms with van der Waals surface area (Å²) in [5.41, 5.74) is 0. The Bertz CT molecular complexity index is 349. The molecule has 0 aliphatic rings. The van der Waals surface area contributed by atoms with Gasteiger partial charge in [0.2, 0.25) is 0 Å². The maximum atomic E-state index is 2.61. The number of hydrogen-bond acceptors (Lipinski definition) is 2. The lowest BCUT2D eigenvalue weighted by molar-refractivity contribution is 0.424. The van der Waals surface area contributed by atoms with E-state index in [2.05, 4.69) is 48.5 Å². The van der Waals surface area contributed by atoms with E-state index >= 15 is 0 Å². The van der Waals surface area contributed by atoms with Gasteiger partial charge in [-0.25, -0.2) is 4.31 Å². The molecule has 0 aliphatic heterocycles. The van der Waals surface area contributed by atoms with Gasteiger partial charge >= 0.3 is 0 Å². The summed E-state index contributed by atoms with van der Waals surface area (Å²) < 4.78 is 2.61. The zero-order valence-electron chi connectivity index (χ0n) is 16.1. The molecule has 0 aromatic heterocycles. The first-order valence-electron chi connectivity index (χ1n) is 10.3. The smallest absolute Gasteiger partial charge is 0.0230 e. The molecule has 1 aromatic rings. The van der Waals surface area contributed by atoms with E-state index < -0.39 is 0 Å². The largest absolute Gasteiger partial charge is 0.246 e. The molecule has 0 N–H and O–H groups in total. The first kappa shape index (κ1) is 21.6. The van der Waals surface area contributed by atoms with E-state index in [1.807, 2.05) is 11.9 Å². The number of nitrogens with zero attached hydrogens (tertiary/aromatic N) is 1. The predicted molar refractivity (Wildman–Crippen MR) is 111 cm³/mol. The Morgan fingerprint density at radius 1 is 0.625 bits per heavy atom. The van der Waals surface area contributed by atoms with Crippen LogP contribution in [0.3, 0.4) is 0 Å². The fourth-order valence-corrected chi connectivity index (χ4v) is 3.99. The highest BCUT2D eigenvalue weighted by Crippen LogP contribution is 2.23. The van der Waals surface area contributed by atoms with Crippen LogP contribution in [0.15, 0.2) is 35.2 Å². The highest BCUT2D eigenvalue weighted by molar-refractivity contribution is 7.97. The summed E-state index contributed by atoms with van der Waals surface area (Å²) in [4.78, 5) is 1.38. The zero-order valence-corrected chi connectivity index (χ0v) is 17.0. The van der Waals surface area contributed by atoms with Crippen molar-refractivity contribution < 1.29 is 0 Å². The Morgan fingerprint density at radius 3 is 1.58 bits per heavy atom. The number of rotatable bonds is 16. The van der Waals surface area contributed by atoms with Crippen molar-refractivity contribution in [2.45, 2.75) is 95.8 Å². The second-order valence-electron chi connectivity index (χ2n) is 6.87. The summed E-state index contributed by atoms with van der Waals surface area (Å²) >= 11 is 1.96. The number of benzene rings is 1.